The monoisotopic (exact) mass is 405 g/mol. The molecule has 2 heterocycles. The van der Waals surface area contributed by atoms with Gasteiger partial charge in [-0.15, -0.1) is 11.3 Å². The molecule has 0 amide bonds. The van der Waals surface area contributed by atoms with Gasteiger partial charge in [-0.2, -0.15) is 0 Å². The van der Waals surface area contributed by atoms with E-state index in [2.05, 4.69) is 0 Å². The SMILES string of the molecule is O=C(O)c1c(O)c(Cc2csc3ccc(O)cc23)nc2c3c(ccc12)CCCC3. The number of aromatic nitrogens is 1. The first-order valence-electron chi connectivity index (χ1n) is 9.61. The summed E-state index contributed by atoms with van der Waals surface area (Å²) >= 11 is 1.55. The summed E-state index contributed by atoms with van der Waals surface area (Å²) in [6, 6.07) is 8.94. The Balaban J connectivity index is 1.73. The molecule has 1 aliphatic rings. The summed E-state index contributed by atoms with van der Waals surface area (Å²) in [5.74, 6) is -1.26. The Kier molecular flexibility index (Phi) is 4.17. The summed E-state index contributed by atoms with van der Waals surface area (Å²) in [5.41, 5.74) is 4.19. The van der Waals surface area contributed by atoms with Crippen molar-refractivity contribution in [2.24, 2.45) is 0 Å². The molecule has 0 spiro atoms. The average molecular weight is 405 g/mol. The highest BCUT2D eigenvalue weighted by atomic mass is 32.1. The van der Waals surface area contributed by atoms with E-state index in [-0.39, 0.29) is 17.1 Å². The number of rotatable bonds is 3. The third-order valence-corrected chi connectivity index (χ3v) is 6.75. The molecule has 0 fully saturated rings. The van der Waals surface area contributed by atoms with Crippen LogP contribution in [0, 0.1) is 0 Å². The second kappa shape index (κ2) is 6.74. The summed E-state index contributed by atoms with van der Waals surface area (Å²) < 4.78 is 1.02. The van der Waals surface area contributed by atoms with Crippen LogP contribution >= 0.6 is 11.3 Å². The summed E-state index contributed by atoms with van der Waals surface area (Å²) in [7, 11) is 0. The number of hydrogen-bond acceptors (Lipinski definition) is 5. The predicted octanol–water partition coefficient (Wildman–Crippen LogP) is 5.03. The highest BCUT2D eigenvalue weighted by Gasteiger charge is 2.24. The number of fused-ring (bicyclic) bond motifs is 4. The van der Waals surface area contributed by atoms with Gasteiger partial charge >= 0.3 is 5.97 Å². The molecule has 0 saturated heterocycles. The molecule has 0 aliphatic heterocycles. The van der Waals surface area contributed by atoms with Gasteiger partial charge in [-0.1, -0.05) is 12.1 Å². The Morgan fingerprint density at radius 3 is 2.72 bits per heavy atom. The number of carboxylic acids is 1. The quantitative estimate of drug-likeness (QED) is 0.445. The van der Waals surface area contributed by atoms with Crippen LogP contribution in [-0.4, -0.2) is 26.3 Å². The molecule has 2 aromatic carbocycles. The van der Waals surface area contributed by atoms with Crippen molar-refractivity contribution in [1.29, 1.82) is 0 Å². The van der Waals surface area contributed by atoms with Gasteiger partial charge in [-0.25, -0.2) is 9.78 Å². The Morgan fingerprint density at radius 2 is 1.90 bits per heavy atom. The van der Waals surface area contributed by atoms with Crippen LogP contribution in [0.1, 0.15) is 45.6 Å². The minimum Gasteiger partial charge on any atom is -0.508 e. The fraction of sp³-hybridized carbons (Fsp3) is 0.217. The van der Waals surface area contributed by atoms with Gasteiger partial charge in [0.1, 0.15) is 11.3 Å². The fourth-order valence-corrected chi connectivity index (χ4v) is 5.27. The van der Waals surface area contributed by atoms with Crippen molar-refractivity contribution in [3.8, 4) is 11.5 Å². The molecular weight excluding hydrogens is 386 g/mol. The maximum absolute atomic E-state index is 12.0. The molecule has 0 unspecified atom stereocenters. The van der Waals surface area contributed by atoms with E-state index in [1.54, 1.807) is 29.5 Å². The van der Waals surface area contributed by atoms with Crippen LogP contribution in [0.3, 0.4) is 0 Å². The number of nitrogens with zero attached hydrogens (tertiary/aromatic N) is 1. The van der Waals surface area contributed by atoms with Gasteiger partial charge in [-0.05, 0) is 71.3 Å². The van der Waals surface area contributed by atoms with Crippen LogP contribution in [0.25, 0.3) is 21.0 Å². The number of phenols is 1. The molecule has 0 atom stereocenters. The minimum absolute atomic E-state index is 0.0826. The first kappa shape index (κ1) is 17.9. The fourth-order valence-electron chi connectivity index (χ4n) is 4.32. The van der Waals surface area contributed by atoms with Gasteiger partial charge in [0.15, 0.2) is 5.75 Å². The average Bonchev–Trinajstić information content (AvgIpc) is 3.10. The van der Waals surface area contributed by atoms with Crippen molar-refractivity contribution in [3.05, 3.63) is 63.7 Å². The number of aromatic hydroxyl groups is 2. The molecule has 29 heavy (non-hydrogen) atoms. The standard InChI is InChI=1S/C23H19NO4S/c25-14-6-8-19-17(10-14)13(11-29-19)9-18-22(26)20(23(27)28)16-7-5-12-3-1-2-4-15(12)21(16)24-18/h5-8,10-11,25-26H,1-4,9H2,(H,27,28). The number of thiophene rings is 1. The molecular formula is C23H19NO4S. The first-order chi connectivity index (χ1) is 14.0. The zero-order valence-corrected chi connectivity index (χ0v) is 16.4. The number of aryl methyl sites for hydroxylation is 2. The number of phenolic OH excluding ortho intramolecular Hbond substituents is 1. The summed E-state index contributed by atoms with van der Waals surface area (Å²) in [5, 5.41) is 33.8. The van der Waals surface area contributed by atoms with E-state index in [4.69, 9.17) is 4.98 Å². The molecule has 1 aliphatic carbocycles. The largest absolute Gasteiger partial charge is 0.508 e. The van der Waals surface area contributed by atoms with Gasteiger partial charge in [-0.3, -0.25) is 0 Å². The highest BCUT2D eigenvalue weighted by Crippen LogP contribution is 2.37. The van der Waals surface area contributed by atoms with E-state index in [9.17, 15) is 20.1 Å². The maximum atomic E-state index is 12.0. The number of aromatic carboxylic acids is 1. The molecule has 5 nitrogen and oxygen atoms in total. The van der Waals surface area contributed by atoms with Crippen LogP contribution in [0.5, 0.6) is 11.5 Å². The number of carboxylic acid groups (broad SMARTS) is 1. The van der Waals surface area contributed by atoms with Gasteiger partial charge in [0, 0.05) is 16.5 Å². The highest BCUT2D eigenvalue weighted by molar-refractivity contribution is 7.17. The maximum Gasteiger partial charge on any atom is 0.340 e. The van der Waals surface area contributed by atoms with Crippen molar-refractivity contribution < 1.29 is 20.1 Å². The second-order valence-corrected chi connectivity index (χ2v) is 8.42. The normalized spacial score (nSPS) is 13.7. The van der Waals surface area contributed by atoms with Crippen LogP contribution in [0.2, 0.25) is 0 Å². The number of pyridine rings is 1. The molecule has 2 aromatic heterocycles. The van der Waals surface area contributed by atoms with E-state index in [0.29, 0.717) is 23.0 Å². The number of carbonyl (C=O) groups is 1. The number of hydrogen-bond donors (Lipinski definition) is 3. The third kappa shape index (κ3) is 2.91. The Bertz CT molecular complexity index is 1290. The molecule has 3 N–H and O–H groups in total. The molecule has 0 saturated carbocycles. The first-order valence-corrected chi connectivity index (χ1v) is 10.5. The van der Waals surface area contributed by atoms with E-state index < -0.39 is 5.97 Å². The van der Waals surface area contributed by atoms with Crippen molar-refractivity contribution in [3.63, 3.8) is 0 Å². The van der Waals surface area contributed by atoms with Gasteiger partial charge in [0.25, 0.3) is 0 Å². The smallest absolute Gasteiger partial charge is 0.340 e. The van der Waals surface area contributed by atoms with Crippen molar-refractivity contribution in [2.75, 3.05) is 0 Å². The van der Waals surface area contributed by atoms with Crippen molar-refractivity contribution in [1.82, 2.24) is 4.98 Å². The minimum atomic E-state index is -1.15. The summed E-state index contributed by atoms with van der Waals surface area (Å²) in [4.78, 5) is 16.8. The van der Waals surface area contributed by atoms with Crippen molar-refractivity contribution >= 4 is 38.3 Å². The molecule has 4 aromatic rings. The van der Waals surface area contributed by atoms with E-state index >= 15 is 0 Å². The Hall–Kier alpha value is -3.12. The zero-order valence-electron chi connectivity index (χ0n) is 15.6. The Labute approximate surface area is 170 Å². The lowest BCUT2D eigenvalue weighted by Crippen LogP contribution is -2.09. The summed E-state index contributed by atoms with van der Waals surface area (Å²) in [6.07, 6.45) is 4.33. The van der Waals surface area contributed by atoms with Gasteiger partial charge in [0.05, 0.1) is 11.2 Å². The molecule has 0 radical (unpaired) electrons. The molecule has 146 valence electrons. The Morgan fingerprint density at radius 1 is 1.07 bits per heavy atom. The van der Waals surface area contributed by atoms with Crippen LogP contribution in [0.4, 0.5) is 0 Å². The van der Waals surface area contributed by atoms with E-state index in [0.717, 1.165) is 46.9 Å². The van der Waals surface area contributed by atoms with Crippen LogP contribution in [-0.2, 0) is 19.3 Å². The van der Waals surface area contributed by atoms with Crippen LogP contribution in [0.15, 0.2) is 35.7 Å². The number of benzene rings is 2. The topological polar surface area (TPSA) is 90.7 Å². The molecule has 0 bridgehead atoms. The summed E-state index contributed by atoms with van der Waals surface area (Å²) in [6.45, 7) is 0. The molecule has 5 rings (SSSR count). The second-order valence-electron chi connectivity index (χ2n) is 7.51. The van der Waals surface area contributed by atoms with Gasteiger partial charge in [0.2, 0.25) is 0 Å². The predicted molar refractivity (Wildman–Crippen MR) is 113 cm³/mol. The van der Waals surface area contributed by atoms with E-state index in [1.807, 2.05) is 17.5 Å². The van der Waals surface area contributed by atoms with Crippen molar-refractivity contribution in [2.45, 2.75) is 32.1 Å². The van der Waals surface area contributed by atoms with E-state index in [1.165, 1.54) is 5.56 Å². The lowest BCUT2D eigenvalue weighted by Gasteiger charge is -2.19. The lowest BCUT2D eigenvalue weighted by molar-refractivity contribution is 0.0695. The van der Waals surface area contributed by atoms with Crippen LogP contribution < -0.4 is 0 Å². The zero-order chi connectivity index (χ0) is 20.1. The lowest BCUT2D eigenvalue weighted by atomic mass is 9.88. The van der Waals surface area contributed by atoms with Gasteiger partial charge < -0.3 is 15.3 Å². The molecule has 6 heteroatoms. The third-order valence-electron chi connectivity index (χ3n) is 5.74.